The first-order chi connectivity index (χ1) is 13.8. The molecule has 1 heterocycles. The number of quaternary nitrogens is 1. The van der Waals surface area contributed by atoms with Gasteiger partial charge in [-0.15, -0.1) is 0 Å². The average molecular weight is 408 g/mol. The van der Waals surface area contributed by atoms with E-state index in [-0.39, 0.29) is 5.91 Å². The van der Waals surface area contributed by atoms with Crippen LogP contribution in [0.3, 0.4) is 0 Å². The molecule has 0 bridgehead atoms. The van der Waals surface area contributed by atoms with Crippen LogP contribution < -0.4 is 19.9 Å². The Kier molecular flexibility index (Phi) is 6.32. The van der Waals surface area contributed by atoms with Crippen LogP contribution in [0.15, 0.2) is 42.5 Å². The second-order valence-electron chi connectivity index (χ2n) is 7.21. The number of anilines is 2. The molecular formula is C21H25F3N3O2+. The molecule has 2 aromatic carbocycles. The number of alkyl halides is 3. The van der Waals surface area contributed by atoms with Gasteiger partial charge in [-0.25, -0.2) is 0 Å². The molecule has 0 saturated carbocycles. The zero-order valence-electron chi connectivity index (χ0n) is 16.5. The van der Waals surface area contributed by atoms with Crippen LogP contribution in [0.25, 0.3) is 0 Å². The summed E-state index contributed by atoms with van der Waals surface area (Å²) in [4.78, 5) is 15.5. The molecule has 0 aromatic heterocycles. The molecular weight excluding hydrogens is 383 g/mol. The lowest BCUT2D eigenvalue weighted by Gasteiger charge is -2.33. The highest BCUT2D eigenvalue weighted by Crippen LogP contribution is 2.31. The molecule has 1 aliphatic rings. The molecule has 0 spiro atoms. The number of hydrogen-bond acceptors (Lipinski definition) is 3. The van der Waals surface area contributed by atoms with Gasteiger partial charge in [0.15, 0.2) is 6.54 Å². The third-order valence-electron chi connectivity index (χ3n) is 5.05. The summed E-state index contributed by atoms with van der Waals surface area (Å²) in [5, 5.41) is 2.89. The van der Waals surface area contributed by atoms with Crippen molar-refractivity contribution in [3.05, 3.63) is 53.6 Å². The van der Waals surface area contributed by atoms with E-state index in [1.165, 1.54) is 12.1 Å². The summed E-state index contributed by atoms with van der Waals surface area (Å²) in [6.07, 6.45) is -4.35. The van der Waals surface area contributed by atoms with Gasteiger partial charge in [-0.05, 0) is 42.8 Å². The van der Waals surface area contributed by atoms with Gasteiger partial charge in [0, 0.05) is 5.69 Å². The minimum absolute atomic E-state index is 0.114. The highest BCUT2D eigenvalue weighted by atomic mass is 19.4. The van der Waals surface area contributed by atoms with E-state index in [2.05, 4.69) is 5.32 Å². The Morgan fingerprint density at radius 1 is 1.17 bits per heavy atom. The Hall–Kier alpha value is -2.74. The van der Waals surface area contributed by atoms with E-state index in [0.29, 0.717) is 49.8 Å². The lowest BCUT2D eigenvalue weighted by molar-refractivity contribution is -0.892. The monoisotopic (exact) mass is 408 g/mol. The number of carbonyl (C=O) groups excluding carboxylic acids is 1. The van der Waals surface area contributed by atoms with Crippen molar-refractivity contribution in [2.45, 2.75) is 13.1 Å². The topological polar surface area (TPSA) is 46.0 Å². The van der Waals surface area contributed by atoms with Crippen LogP contribution in [-0.2, 0) is 11.0 Å². The second kappa shape index (κ2) is 8.73. The first-order valence-electron chi connectivity index (χ1n) is 9.46. The van der Waals surface area contributed by atoms with E-state index in [1.54, 1.807) is 13.2 Å². The normalized spacial score (nSPS) is 15.3. The van der Waals surface area contributed by atoms with Crippen molar-refractivity contribution < 1.29 is 27.6 Å². The van der Waals surface area contributed by atoms with Crippen LogP contribution in [0.2, 0.25) is 0 Å². The number of methoxy groups -OCH3 is 1. The van der Waals surface area contributed by atoms with Crippen LogP contribution in [0.4, 0.5) is 24.5 Å². The van der Waals surface area contributed by atoms with E-state index in [4.69, 9.17) is 4.74 Å². The molecule has 0 unspecified atom stereocenters. The van der Waals surface area contributed by atoms with Crippen molar-refractivity contribution in [1.29, 1.82) is 0 Å². The maximum atomic E-state index is 12.9. The van der Waals surface area contributed by atoms with Crippen LogP contribution in [0, 0.1) is 6.92 Å². The molecule has 0 aliphatic carbocycles. The van der Waals surface area contributed by atoms with Gasteiger partial charge in [0.25, 0.3) is 5.91 Å². The second-order valence-corrected chi connectivity index (χ2v) is 7.21. The smallest absolute Gasteiger partial charge is 0.416 e. The average Bonchev–Trinajstić information content (AvgIpc) is 2.68. The maximum absolute atomic E-state index is 12.9. The third-order valence-corrected chi connectivity index (χ3v) is 5.05. The molecule has 0 atom stereocenters. The summed E-state index contributed by atoms with van der Waals surface area (Å²) >= 11 is 0. The minimum atomic E-state index is -4.35. The van der Waals surface area contributed by atoms with Crippen molar-refractivity contribution in [1.82, 2.24) is 0 Å². The van der Waals surface area contributed by atoms with Crippen LogP contribution >= 0.6 is 0 Å². The molecule has 0 radical (unpaired) electrons. The van der Waals surface area contributed by atoms with Crippen LogP contribution in [0.5, 0.6) is 5.75 Å². The SMILES string of the molecule is COc1ccc(C)cc1NC(=O)C[NH+]1CCN(c2cccc(C(F)(F)F)c2)CC1. The lowest BCUT2D eigenvalue weighted by Crippen LogP contribution is -3.15. The number of ether oxygens (including phenoxy) is 1. The van der Waals surface area contributed by atoms with Gasteiger partial charge >= 0.3 is 6.18 Å². The quantitative estimate of drug-likeness (QED) is 0.799. The highest BCUT2D eigenvalue weighted by molar-refractivity contribution is 5.93. The summed E-state index contributed by atoms with van der Waals surface area (Å²) in [7, 11) is 1.55. The molecule has 1 fully saturated rings. The number of benzene rings is 2. The van der Waals surface area contributed by atoms with Crippen molar-refractivity contribution >= 4 is 17.3 Å². The van der Waals surface area contributed by atoms with Crippen molar-refractivity contribution in [3.63, 3.8) is 0 Å². The van der Waals surface area contributed by atoms with E-state index >= 15 is 0 Å². The fourth-order valence-corrected chi connectivity index (χ4v) is 3.48. The number of aryl methyl sites for hydroxylation is 1. The van der Waals surface area contributed by atoms with E-state index in [1.807, 2.05) is 30.0 Å². The molecule has 29 heavy (non-hydrogen) atoms. The molecule has 8 heteroatoms. The Morgan fingerprint density at radius 3 is 2.55 bits per heavy atom. The van der Waals surface area contributed by atoms with Gasteiger partial charge in [-0.3, -0.25) is 4.79 Å². The third kappa shape index (κ3) is 5.41. The van der Waals surface area contributed by atoms with Crippen molar-refractivity contribution in [3.8, 4) is 5.75 Å². The zero-order valence-corrected chi connectivity index (χ0v) is 16.5. The predicted octanol–water partition coefficient (Wildman–Crippen LogP) is 2.37. The molecule has 3 rings (SSSR count). The molecule has 2 aromatic rings. The fraction of sp³-hybridized carbons (Fsp3) is 0.381. The Balaban J connectivity index is 1.55. The first-order valence-corrected chi connectivity index (χ1v) is 9.46. The highest BCUT2D eigenvalue weighted by Gasteiger charge is 2.31. The van der Waals surface area contributed by atoms with Gasteiger partial charge in [0.1, 0.15) is 5.75 Å². The molecule has 1 saturated heterocycles. The Morgan fingerprint density at radius 2 is 1.90 bits per heavy atom. The molecule has 1 aliphatic heterocycles. The van der Waals surface area contributed by atoms with Crippen LogP contribution in [-0.4, -0.2) is 45.7 Å². The number of amides is 1. The van der Waals surface area contributed by atoms with Gasteiger partial charge in [-0.2, -0.15) is 13.2 Å². The molecule has 1 amide bonds. The molecule has 2 N–H and O–H groups in total. The van der Waals surface area contributed by atoms with Crippen LogP contribution in [0.1, 0.15) is 11.1 Å². The minimum Gasteiger partial charge on any atom is -0.495 e. The molecule has 5 nitrogen and oxygen atoms in total. The summed E-state index contributed by atoms with van der Waals surface area (Å²) < 4.78 is 44.0. The zero-order chi connectivity index (χ0) is 21.0. The summed E-state index contributed by atoms with van der Waals surface area (Å²) in [5.41, 5.74) is 1.58. The fourth-order valence-electron chi connectivity index (χ4n) is 3.48. The summed E-state index contributed by atoms with van der Waals surface area (Å²) in [6.45, 7) is 4.78. The maximum Gasteiger partial charge on any atom is 0.416 e. The number of carbonyl (C=O) groups is 1. The number of halogens is 3. The summed E-state index contributed by atoms with van der Waals surface area (Å²) in [5.74, 6) is 0.490. The largest absolute Gasteiger partial charge is 0.495 e. The van der Waals surface area contributed by atoms with Gasteiger partial charge < -0.3 is 19.9 Å². The first kappa shape index (κ1) is 21.0. The number of piperazine rings is 1. The van der Waals surface area contributed by atoms with Gasteiger partial charge in [-0.1, -0.05) is 12.1 Å². The van der Waals surface area contributed by atoms with E-state index < -0.39 is 11.7 Å². The number of rotatable bonds is 5. The van der Waals surface area contributed by atoms with Gasteiger partial charge in [0.05, 0.1) is 44.5 Å². The van der Waals surface area contributed by atoms with E-state index in [9.17, 15) is 18.0 Å². The van der Waals surface area contributed by atoms with Crippen molar-refractivity contribution in [2.24, 2.45) is 0 Å². The standard InChI is InChI=1S/C21H24F3N3O2/c1-15-6-7-19(29-2)18(12-15)25-20(28)14-26-8-10-27(11-9-26)17-5-3-4-16(13-17)21(22,23)24/h3-7,12-13H,8-11,14H2,1-2H3,(H,25,28)/p+1. The lowest BCUT2D eigenvalue weighted by atomic mass is 10.1. The number of nitrogens with one attached hydrogen (secondary N) is 2. The van der Waals surface area contributed by atoms with Gasteiger partial charge in [0.2, 0.25) is 0 Å². The summed E-state index contributed by atoms with van der Waals surface area (Å²) in [6, 6.07) is 11.0. The number of hydrogen-bond donors (Lipinski definition) is 2. The van der Waals surface area contributed by atoms with E-state index in [0.717, 1.165) is 16.5 Å². The Labute approximate surface area is 168 Å². The Bertz CT molecular complexity index is 862. The molecule has 156 valence electrons. The predicted molar refractivity (Wildman–Crippen MR) is 106 cm³/mol. The number of nitrogens with zero attached hydrogens (tertiary/aromatic N) is 1. The van der Waals surface area contributed by atoms with Crippen molar-refractivity contribution in [2.75, 3.05) is 50.1 Å².